The quantitative estimate of drug-likeness (QED) is 0.0691. The van der Waals surface area contributed by atoms with Crippen LogP contribution in [0.1, 0.15) is 94.2 Å². The summed E-state index contributed by atoms with van der Waals surface area (Å²) in [6.07, 6.45) is 20.0. The molecule has 5 aromatic rings. The zero-order valence-corrected chi connectivity index (χ0v) is 29.1. The Balaban J connectivity index is 0.858. The van der Waals surface area contributed by atoms with Crippen molar-refractivity contribution in [3.05, 3.63) is 120 Å². The topological polar surface area (TPSA) is 70.6 Å². The number of benzene rings is 2. The summed E-state index contributed by atoms with van der Waals surface area (Å²) in [5, 5.41) is 12.3. The third kappa shape index (κ3) is 8.25. The summed E-state index contributed by atoms with van der Waals surface area (Å²) >= 11 is 0. The van der Waals surface area contributed by atoms with Gasteiger partial charge >= 0.3 is 0 Å². The predicted molar refractivity (Wildman–Crippen MR) is 208 cm³/mol. The van der Waals surface area contributed by atoms with Crippen molar-refractivity contribution in [3.63, 3.8) is 0 Å². The number of allylic oxidation sites excluding steroid dienone is 3. The molecule has 1 fully saturated rings. The molecule has 254 valence electrons. The minimum Gasteiger partial charge on any atom is -0.362 e. The molecular formula is C43H52N6. The summed E-state index contributed by atoms with van der Waals surface area (Å²) in [7, 11) is 0. The van der Waals surface area contributed by atoms with Gasteiger partial charge in [-0.05, 0) is 80.7 Å². The molecule has 0 radical (unpaired) electrons. The molecule has 0 bridgehead atoms. The van der Waals surface area contributed by atoms with E-state index in [0.717, 1.165) is 83.2 Å². The summed E-state index contributed by atoms with van der Waals surface area (Å²) < 4.78 is 2.28. The van der Waals surface area contributed by atoms with Gasteiger partial charge < -0.3 is 20.2 Å². The Morgan fingerprint density at radius 2 is 1.59 bits per heavy atom. The summed E-state index contributed by atoms with van der Waals surface area (Å²) in [5.41, 5.74) is 8.00. The minimum atomic E-state index is 0.153. The van der Waals surface area contributed by atoms with Crippen LogP contribution in [0.3, 0.4) is 0 Å². The Labute approximate surface area is 291 Å². The lowest BCUT2D eigenvalue weighted by molar-refractivity contribution is 0.458. The third-order valence-corrected chi connectivity index (χ3v) is 10.1. The number of fused-ring (bicyclic) bond motifs is 2. The van der Waals surface area contributed by atoms with E-state index in [9.17, 15) is 0 Å². The molecule has 6 heteroatoms. The Morgan fingerprint density at radius 1 is 0.816 bits per heavy atom. The fraction of sp³-hybridized carbons (Fsp3) is 0.349. The van der Waals surface area contributed by atoms with E-state index in [2.05, 4.69) is 106 Å². The molecule has 1 atom stereocenters. The molecule has 1 aliphatic rings. The molecule has 1 saturated heterocycles. The standard InChI is InChI=1S/C43H52N6/c1-30(22-24-36-19-15-21-38-33(4)49(34(5)41(36)38)40-25-23-31(2)47-32(40)3)16-12-10-8-6-7-9-11-13-17-35-18-14-20-37(28-35)48-43-39-26-27-44-42(39)45-29-46-43/h14-15,18-21,26-29,40,47H,1-13,16-17,22-25H2,(H2,44,45,46,48). The maximum atomic E-state index is 4.53. The number of hydrogen-bond acceptors (Lipinski definition) is 4. The average Bonchev–Trinajstić information content (AvgIpc) is 3.68. The van der Waals surface area contributed by atoms with Gasteiger partial charge in [0.2, 0.25) is 0 Å². The van der Waals surface area contributed by atoms with Crippen LogP contribution in [0.25, 0.3) is 35.0 Å². The molecule has 6 nitrogen and oxygen atoms in total. The molecule has 3 N–H and O–H groups in total. The highest BCUT2D eigenvalue weighted by Crippen LogP contribution is 2.28. The van der Waals surface area contributed by atoms with Crippen LogP contribution in [-0.2, 0) is 12.8 Å². The number of rotatable bonds is 17. The molecule has 0 saturated carbocycles. The predicted octanol–water partition coefficient (Wildman–Crippen LogP) is 9.67. The van der Waals surface area contributed by atoms with Gasteiger partial charge in [0.15, 0.2) is 0 Å². The summed E-state index contributed by atoms with van der Waals surface area (Å²) in [4.78, 5) is 11.9. The molecule has 0 spiro atoms. The van der Waals surface area contributed by atoms with Gasteiger partial charge in [0.05, 0.1) is 11.4 Å². The molecule has 0 amide bonds. The number of aromatic nitrogens is 4. The number of hydrogen-bond donors (Lipinski definition) is 3. The zero-order valence-electron chi connectivity index (χ0n) is 29.1. The maximum Gasteiger partial charge on any atom is 0.143 e. The first kappa shape index (κ1) is 34.0. The molecular weight excluding hydrogens is 601 g/mol. The van der Waals surface area contributed by atoms with Crippen LogP contribution >= 0.6 is 0 Å². The van der Waals surface area contributed by atoms with Crippen LogP contribution in [0.5, 0.6) is 0 Å². The second-order valence-electron chi connectivity index (χ2n) is 13.8. The van der Waals surface area contributed by atoms with Crippen molar-refractivity contribution in [2.75, 3.05) is 5.32 Å². The van der Waals surface area contributed by atoms with Gasteiger partial charge in [-0.25, -0.2) is 9.97 Å². The lowest BCUT2D eigenvalue weighted by atomic mass is 9.97. The molecule has 49 heavy (non-hydrogen) atoms. The van der Waals surface area contributed by atoms with Crippen molar-refractivity contribution in [1.29, 1.82) is 0 Å². The van der Waals surface area contributed by atoms with Crippen LogP contribution < -0.4 is 21.3 Å². The largest absolute Gasteiger partial charge is 0.362 e. The monoisotopic (exact) mass is 652 g/mol. The number of nitrogens with zero attached hydrogens (tertiary/aromatic N) is 3. The van der Waals surface area contributed by atoms with Crippen molar-refractivity contribution in [1.82, 2.24) is 24.8 Å². The molecule has 2 aromatic carbocycles. The zero-order chi connectivity index (χ0) is 34.2. The Morgan fingerprint density at radius 3 is 2.41 bits per heavy atom. The molecule has 4 heterocycles. The Hall–Kier alpha value is -4.84. The minimum absolute atomic E-state index is 0.153. The van der Waals surface area contributed by atoms with Crippen molar-refractivity contribution in [3.8, 4) is 0 Å². The van der Waals surface area contributed by atoms with E-state index >= 15 is 0 Å². The third-order valence-electron chi connectivity index (χ3n) is 10.1. The summed E-state index contributed by atoms with van der Waals surface area (Å²) in [5.74, 6) is 0.834. The van der Waals surface area contributed by atoms with E-state index < -0.39 is 0 Å². The van der Waals surface area contributed by atoms with Crippen molar-refractivity contribution in [2.24, 2.45) is 0 Å². The molecule has 0 aliphatic carbocycles. The second-order valence-corrected chi connectivity index (χ2v) is 13.8. The first-order chi connectivity index (χ1) is 23.9. The van der Waals surface area contributed by atoms with Crippen molar-refractivity contribution in [2.45, 2.75) is 95.9 Å². The lowest BCUT2D eigenvalue weighted by Gasteiger charge is -2.29. The molecule has 3 aromatic heterocycles. The Kier molecular flexibility index (Phi) is 11.1. The number of piperidine rings is 1. The van der Waals surface area contributed by atoms with Gasteiger partial charge in [0.1, 0.15) is 17.8 Å². The SMILES string of the molecule is C=C(CCCCCCCCCCc1cccc(Nc2ncnc3[nH]ccc23)c1)CCc1cccc2c(=C)n(C3CCC(=C)NC3=C)c(=C)c12. The number of unbranched alkanes of at least 4 members (excludes halogenated alkanes) is 7. The second kappa shape index (κ2) is 16.0. The van der Waals surface area contributed by atoms with Crippen LogP contribution in [0.15, 0.2) is 97.8 Å². The van der Waals surface area contributed by atoms with Gasteiger partial charge in [0, 0.05) is 44.7 Å². The van der Waals surface area contributed by atoms with Crippen LogP contribution in [0, 0.1) is 0 Å². The average molecular weight is 653 g/mol. The van der Waals surface area contributed by atoms with Gasteiger partial charge in [-0.2, -0.15) is 0 Å². The first-order valence-electron chi connectivity index (χ1n) is 18.1. The fourth-order valence-electron chi connectivity index (χ4n) is 7.44. The van der Waals surface area contributed by atoms with Gasteiger partial charge in [0.25, 0.3) is 0 Å². The highest BCUT2D eigenvalue weighted by molar-refractivity contribution is 5.89. The number of nitrogens with one attached hydrogen (secondary N) is 3. The van der Waals surface area contributed by atoms with Crippen molar-refractivity contribution >= 4 is 46.5 Å². The van der Waals surface area contributed by atoms with Crippen LogP contribution in [0.2, 0.25) is 0 Å². The maximum absolute atomic E-state index is 4.53. The molecule has 1 aliphatic heterocycles. The number of aromatic amines is 1. The number of anilines is 2. The number of aryl methyl sites for hydroxylation is 2. The smallest absolute Gasteiger partial charge is 0.143 e. The van der Waals surface area contributed by atoms with E-state index in [1.807, 2.05) is 12.3 Å². The summed E-state index contributed by atoms with van der Waals surface area (Å²) in [6, 6.07) is 17.4. The van der Waals surface area contributed by atoms with Gasteiger partial charge in [-0.15, -0.1) is 0 Å². The lowest BCUT2D eigenvalue weighted by Crippen LogP contribution is -2.36. The van der Waals surface area contributed by atoms with E-state index in [0.29, 0.717) is 0 Å². The Bertz CT molecular complexity index is 2050. The van der Waals surface area contributed by atoms with Crippen LogP contribution in [0.4, 0.5) is 11.5 Å². The highest BCUT2D eigenvalue weighted by Gasteiger charge is 2.23. The van der Waals surface area contributed by atoms with Crippen LogP contribution in [-0.4, -0.2) is 19.5 Å². The number of H-pyrrole nitrogens is 1. The van der Waals surface area contributed by atoms with Gasteiger partial charge in [-0.1, -0.05) is 107 Å². The van der Waals surface area contributed by atoms with Crippen molar-refractivity contribution < 1.29 is 0 Å². The fourth-order valence-corrected chi connectivity index (χ4v) is 7.44. The van der Waals surface area contributed by atoms with E-state index in [-0.39, 0.29) is 6.04 Å². The molecule has 6 rings (SSSR count). The van der Waals surface area contributed by atoms with E-state index in [1.165, 1.54) is 78.8 Å². The normalized spacial score (nSPS) is 14.8. The van der Waals surface area contributed by atoms with E-state index in [4.69, 9.17) is 0 Å². The molecule has 1 unspecified atom stereocenters. The van der Waals surface area contributed by atoms with Gasteiger partial charge in [-0.3, -0.25) is 0 Å². The highest BCUT2D eigenvalue weighted by atomic mass is 15.1. The summed E-state index contributed by atoms with van der Waals surface area (Å²) in [6.45, 7) is 21.8. The first-order valence-corrected chi connectivity index (χ1v) is 18.1. The van der Waals surface area contributed by atoms with E-state index in [1.54, 1.807) is 6.33 Å².